The second-order valence-corrected chi connectivity index (χ2v) is 3.92. The van der Waals surface area contributed by atoms with Crippen LogP contribution in [-0.4, -0.2) is 22.7 Å². The van der Waals surface area contributed by atoms with E-state index in [2.05, 4.69) is 0 Å². The molecule has 2 amide bonds. The zero-order valence-corrected chi connectivity index (χ0v) is 10.3. The van der Waals surface area contributed by atoms with Crippen LogP contribution in [0, 0.1) is 0 Å². The zero-order chi connectivity index (χ0) is 12.1. The van der Waals surface area contributed by atoms with Crippen LogP contribution in [0.2, 0.25) is 5.02 Å². The maximum atomic E-state index is 11.9. The molecule has 0 bridgehead atoms. The molecule has 1 aromatic rings. The molecular formula is C11H11Cl2NO2. The molecule has 0 heterocycles. The molecule has 0 aliphatic rings. The predicted octanol–water partition coefficient (Wildman–Crippen LogP) is 3.55. The van der Waals surface area contributed by atoms with Crippen LogP contribution in [-0.2, 0) is 0 Å². The molecule has 0 aliphatic carbocycles. The summed E-state index contributed by atoms with van der Waals surface area (Å²) in [5, 5.41) is -0.474. The van der Waals surface area contributed by atoms with Gasteiger partial charge in [-0.1, -0.05) is 30.7 Å². The standard InChI is InChI=1S/C11H11Cl2NO2/c1-2-7-14(11(13)16)10(15)8-5-3-4-6-9(8)12/h3-6H,2,7H2,1H3. The Morgan fingerprint density at radius 2 is 1.94 bits per heavy atom. The molecule has 0 fully saturated rings. The maximum Gasteiger partial charge on any atom is 0.323 e. The third kappa shape index (κ3) is 2.97. The third-order valence-electron chi connectivity index (χ3n) is 2.01. The smallest absolute Gasteiger partial charge is 0.269 e. The largest absolute Gasteiger partial charge is 0.323 e. The van der Waals surface area contributed by atoms with Crippen molar-refractivity contribution >= 4 is 34.5 Å². The Morgan fingerprint density at radius 1 is 1.31 bits per heavy atom. The molecule has 86 valence electrons. The molecule has 0 unspecified atom stereocenters. The van der Waals surface area contributed by atoms with Gasteiger partial charge in [-0.2, -0.15) is 0 Å². The molecule has 0 saturated heterocycles. The second-order valence-electron chi connectivity index (χ2n) is 3.19. The van der Waals surface area contributed by atoms with Crippen molar-refractivity contribution in [1.29, 1.82) is 0 Å². The van der Waals surface area contributed by atoms with E-state index >= 15 is 0 Å². The van der Waals surface area contributed by atoms with Crippen molar-refractivity contribution in [3.63, 3.8) is 0 Å². The van der Waals surface area contributed by atoms with Crippen LogP contribution < -0.4 is 0 Å². The molecule has 1 aromatic carbocycles. The molecule has 0 saturated carbocycles. The number of rotatable bonds is 3. The van der Waals surface area contributed by atoms with Gasteiger partial charge in [0.1, 0.15) is 0 Å². The van der Waals surface area contributed by atoms with Gasteiger partial charge in [-0.15, -0.1) is 0 Å². The van der Waals surface area contributed by atoms with Gasteiger partial charge in [0, 0.05) is 6.54 Å². The lowest BCUT2D eigenvalue weighted by atomic mass is 10.2. The quantitative estimate of drug-likeness (QED) is 0.615. The van der Waals surface area contributed by atoms with Crippen molar-refractivity contribution in [2.24, 2.45) is 0 Å². The van der Waals surface area contributed by atoms with Crippen molar-refractivity contribution in [3.8, 4) is 0 Å². The van der Waals surface area contributed by atoms with Gasteiger partial charge in [0.2, 0.25) is 0 Å². The molecule has 16 heavy (non-hydrogen) atoms. The first-order chi connectivity index (χ1) is 7.57. The molecule has 0 aliphatic heterocycles. The van der Waals surface area contributed by atoms with Gasteiger partial charge in [0.15, 0.2) is 0 Å². The lowest BCUT2D eigenvalue weighted by molar-refractivity contribution is 0.0819. The van der Waals surface area contributed by atoms with Crippen molar-refractivity contribution in [2.75, 3.05) is 6.54 Å². The summed E-state index contributed by atoms with van der Waals surface area (Å²) in [6.45, 7) is 2.14. The van der Waals surface area contributed by atoms with Crippen LogP contribution in [0.3, 0.4) is 0 Å². The average Bonchev–Trinajstić information content (AvgIpc) is 2.25. The highest BCUT2D eigenvalue weighted by atomic mass is 35.5. The molecular weight excluding hydrogens is 249 g/mol. The molecule has 0 spiro atoms. The molecule has 5 heteroatoms. The summed E-state index contributed by atoms with van der Waals surface area (Å²) in [6.07, 6.45) is 0.647. The highest BCUT2D eigenvalue weighted by Gasteiger charge is 2.21. The summed E-state index contributed by atoms with van der Waals surface area (Å²) in [7, 11) is 0. The van der Waals surface area contributed by atoms with Crippen LogP contribution in [0.5, 0.6) is 0 Å². The number of nitrogens with zero attached hydrogens (tertiary/aromatic N) is 1. The number of amides is 2. The highest BCUT2D eigenvalue weighted by Crippen LogP contribution is 2.18. The van der Waals surface area contributed by atoms with Gasteiger partial charge >= 0.3 is 5.37 Å². The van der Waals surface area contributed by atoms with Gasteiger partial charge in [0.05, 0.1) is 10.6 Å². The van der Waals surface area contributed by atoms with Gasteiger partial charge in [-0.3, -0.25) is 14.5 Å². The fourth-order valence-electron chi connectivity index (χ4n) is 1.27. The van der Waals surface area contributed by atoms with Crippen LogP contribution in [0.25, 0.3) is 0 Å². The summed E-state index contributed by atoms with van der Waals surface area (Å²) in [5.41, 5.74) is 0.284. The van der Waals surface area contributed by atoms with Crippen molar-refractivity contribution in [2.45, 2.75) is 13.3 Å². The van der Waals surface area contributed by atoms with E-state index in [4.69, 9.17) is 23.2 Å². The number of benzene rings is 1. The SMILES string of the molecule is CCCN(C(=O)Cl)C(=O)c1ccccc1Cl. The Hall–Kier alpha value is -1.06. The number of hydrogen-bond acceptors (Lipinski definition) is 2. The van der Waals surface area contributed by atoms with E-state index in [1.54, 1.807) is 24.3 Å². The Morgan fingerprint density at radius 3 is 2.44 bits per heavy atom. The maximum absolute atomic E-state index is 11.9. The summed E-state index contributed by atoms with van der Waals surface area (Å²) in [4.78, 5) is 24.0. The minimum atomic E-state index is -0.785. The number of hydrogen-bond donors (Lipinski definition) is 0. The molecule has 0 aromatic heterocycles. The van der Waals surface area contributed by atoms with Crippen molar-refractivity contribution < 1.29 is 9.59 Å². The van der Waals surface area contributed by atoms with Crippen LogP contribution in [0.15, 0.2) is 24.3 Å². The molecule has 1 rings (SSSR count). The number of halogens is 2. The highest BCUT2D eigenvalue weighted by molar-refractivity contribution is 6.64. The van der Waals surface area contributed by atoms with Crippen LogP contribution in [0.4, 0.5) is 4.79 Å². The van der Waals surface area contributed by atoms with E-state index in [-0.39, 0.29) is 12.1 Å². The van der Waals surface area contributed by atoms with E-state index in [0.717, 1.165) is 4.90 Å². The average molecular weight is 260 g/mol. The summed E-state index contributed by atoms with van der Waals surface area (Å²) in [6, 6.07) is 6.55. The number of carbonyl (C=O) groups is 2. The lowest BCUT2D eigenvalue weighted by Crippen LogP contribution is -2.34. The fraction of sp³-hybridized carbons (Fsp3) is 0.273. The molecule has 3 nitrogen and oxygen atoms in total. The van der Waals surface area contributed by atoms with E-state index in [9.17, 15) is 9.59 Å². The first-order valence-corrected chi connectivity index (χ1v) is 5.59. The van der Waals surface area contributed by atoms with E-state index < -0.39 is 11.3 Å². The monoisotopic (exact) mass is 259 g/mol. The third-order valence-corrected chi connectivity index (χ3v) is 2.54. The summed E-state index contributed by atoms with van der Waals surface area (Å²) >= 11 is 11.2. The van der Waals surface area contributed by atoms with Crippen LogP contribution in [0.1, 0.15) is 23.7 Å². The normalized spacial score (nSPS) is 9.94. The van der Waals surface area contributed by atoms with E-state index in [0.29, 0.717) is 11.4 Å². The molecule has 0 atom stereocenters. The minimum absolute atomic E-state index is 0.284. The first-order valence-electron chi connectivity index (χ1n) is 4.83. The van der Waals surface area contributed by atoms with Gasteiger partial charge in [-0.25, -0.2) is 0 Å². The lowest BCUT2D eigenvalue weighted by Gasteiger charge is -2.17. The Balaban J connectivity index is 2.99. The van der Waals surface area contributed by atoms with Crippen molar-refractivity contribution in [1.82, 2.24) is 4.90 Å². The fourth-order valence-corrected chi connectivity index (χ4v) is 1.65. The first kappa shape index (κ1) is 13.0. The van der Waals surface area contributed by atoms with Gasteiger partial charge in [-0.05, 0) is 30.2 Å². The number of carbonyl (C=O) groups excluding carboxylic acids is 2. The Labute approximate surface area is 104 Å². The molecule has 0 radical (unpaired) electrons. The zero-order valence-electron chi connectivity index (χ0n) is 8.74. The van der Waals surface area contributed by atoms with E-state index in [1.165, 1.54) is 0 Å². The topological polar surface area (TPSA) is 37.4 Å². The predicted molar refractivity (Wildman–Crippen MR) is 64.0 cm³/mol. The minimum Gasteiger partial charge on any atom is -0.269 e. The van der Waals surface area contributed by atoms with Gasteiger partial charge in [0.25, 0.3) is 5.91 Å². The van der Waals surface area contributed by atoms with Crippen molar-refractivity contribution in [3.05, 3.63) is 34.9 Å². The second kappa shape index (κ2) is 5.87. The van der Waals surface area contributed by atoms with Gasteiger partial charge < -0.3 is 0 Å². The molecule has 0 N–H and O–H groups in total. The summed E-state index contributed by atoms with van der Waals surface area (Å²) < 4.78 is 0. The van der Waals surface area contributed by atoms with E-state index in [1.807, 2.05) is 6.92 Å². The summed E-state index contributed by atoms with van der Waals surface area (Å²) in [5.74, 6) is -0.465. The Bertz CT molecular complexity index is 407. The van der Waals surface area contributed by atoms with Crippen LogP contribution >= 0.6 is 23.2 Å². The number of imide groups is 1. The Kier molecular flexibility index (Phi) is 4.77.